The first-order valence-electron chi connectivity index (χ1n) is 9.69. The number of aromatic amines is 1. The number of rotatable bonds is 7. The molecule has 2 N–H and O–H groups in total. The molecule has 156 valence electrons. The molecule has 30 heavy (non-hydrogen) atoms. The Morgan fingerprint density at radius 3 is 2.80 bits per heavy atom. The van der Waals surface area contributed by atoms with Gasteiger partial charge in [0.05, 0.1) is 18.0 Å². The van der Waals surface area contributed by atoms with Gasteiger partial charge in [-0.15, -0.1) is 5.10 Å². The fourth-order valence-corrected chi connectivity index (χ4v) is 3.11. The van der Waals surface area contributed by atoms with Crippen molar-refractivity contribution < 1.29 is 4.74 Å². The Kier molecular flexibility index (Phi) is 5.32. The molecule has 4 heterocycles. The van der Waals surface area contributed by atoms with Crippen LogP contribution >= 0.6 is 0 Å². The van der Waals surface area contributed by atoms with Gasteiger partial charge in [-0.25, -0.2) is 4.98 Å². The van der Waals surface area contributed by atoms with Crippen LogP contribution in [0.15, 0.2) is 31.0 Å². The van der Waals surface area contributed by atoms with Gasteiger partial charge in [-0.05, 0) is 46.5 Å². The van der Waals surface area contributed by atoms with E-state index in [0.717, 1.165) is 29.1 Å². The number of ether oxygens (including phenoxy) is 1. The zero-order valence-corrected chi connectivity index (χ0v) is 17.7. The molecule has 10 heteroatoms. The third-order valence-electron chi connectivity index (χ3n) is 4.49. The van der Waals surface area contributed by atoms with E-state index in [9.17, 15) is 0 Å². The topological polar surface area (TPSA) is 109 Å². The van der Waals surface area contributed by atoms with Crippen LogP contribution in [-0.2, 0) is 6.54 Å². The molecule has 0 amide bonds. The maximum atomic E-state index is 6.06. The van der Waals surface area contributed by atoms with Crippen LogP contribution < -0.4 is 10.1 Å². The summed E-state index contributed by atoms with van der Waals surface area (Å²) in [6.07, 6.45) is 6.84. The lowest BCUT2D eigenvalue weighted by atomic mass is 10.1. The first-order chi connectivity index (χ1) is 14.4. The molecular weight excluding hydrogens is 382 g/mol. The Morgan fingerprint density at radius 1 is 1.27 bits per heavy atom. The summed E-state index contributed by atoms with van der Waals surface area (Å²) in [6.45, 7) is 6.72. The van der Waals surface area contributed by atoms with Crippen LogP contribution in [0.4, 0.5) is 11.6 Å². The van der Waals surface area contributed by atoms with Crippen molar-refractivity contribution in [1.82, 2.24) is 39.7 Å². The molecule has 0 saturated heterocycles. The van der Waals surface area contributed by atoms with Gasteiger partial charge in [-0.2, -0.15) is 14.6 Å². The molecule has 0 saturated carbocycles. The average molecular weight is 407 g/mol. The second-order valence-corrected chi connectivity index (χ2v) is 7.57. The summed E-state index contributed by atoms with van der Waals surface area (Å²) in [4.78, 5) is 15.8. The lowest BCUT2D eigenvalue weighted by molar-refractivity contribution is 0.244. The lowest BCUT2D eigenvalue weighted by Crippen LogP contribution is -2.13. The molecule has 4 aromatic rings. The summed E-state index contributed by atoms with van der Waals surface area (Å²) in [5, 5.41) is 14.7. The maximum absolute atomic E-state index is 6.06. The molecule has 0 spiro atoms. The summed E-state index contributed by atoms with van der Waals surface area (Å²) in [5.74, 6) is 1.02. The zero-order chi connectivity index (χ0) is 21.3. The number of nitrogens with one attached hydrogen (secondary N) is 2. The second-order valence-electron chi connectivity index (χ2n) is 7.57. The minimum Gasteiger partial charge on any atom is -0.485 e. The molecule has 0 fully saturated rings. The molecule has 10 nitrogen and oxygen atoms in total. The fourth-order valence-electron chi connectivity index (χ4n) is 3.11. The number of pyridine rings is 1. The number of hydrogen-bond acceptors (Lipinski definition) is 8. The van der Waals surface area contributed by atoms with E-state index in [2.05, 4.69) is 40.5 Å². The third-order valence-corrected chi connectivity index (χ3v) is 4.49. The van der Waals surface area contributed by atoms with E-state index in [4.69, 9.17) is 4.74 Å². The Bertz CT molecular complexity index is 1150. The molecule has 0 aliphatic heterocycles. The molecule has 0 radical (unpaired) electrons. The number of anilines is 2. The summed E-state index contributed by atoms with van der Waals surface area (Å²) in [5.41, 5.74) is 5.04. The van der Waals surface area contributed by atoms with Crippen molar-refractivity contribution >= 4 is 17.3 Å². The summed E-state index contributed by atoms with van der Waals surface area (Å²) >= 11 is 0. The summed E-state index contributed by atoms with van der Waals surface area (Å²) in [6, 6.07) is 1.92. The van der Waals surface area contributed by atoms with Gasteiger partial charge in [0.15, 0.2) is 5.75 Å². The van der Waals surface area contributed by atoms with E-state index in [-0.39, 0.29) is 6.10 Å². The quantitative estimate of drug-likeness (QED) is 0.481. The van der Waals surface area contributed by atoms with E-state index in [0.29, 0.717) is 23.0 Å². The number of H-pyrrole nitrogens is 1. The normalized spacial score (nSPS) is 11.6. The smallest absolute Gasteiger partial charge is 0.247 e. The number of aromatic nitrogens is 7. The fraction of sp³-hybridized carbons (Fsp3) is 0.350. The van der Waals surface area contributed by atoms with Crippen LogP contribution in [0.3, 0.4) is 0 Å². The van der Waals surface area contributed by atoms with Gasteiger partial charge in [0.25, 0.3) is 0 Å². The monoisotopic (exact) mass is 407 g/mol. The van der Waals surface area contributed by atoms with Crippen molar-refractivity contribution in [1.29, 1.82) is 0 Å². The molecule has 0 bridgehead atoms. The van der Waals surface area contributed by atoms with Gasteiger partial charge in [-0.3, -0.25) is 10.1 Å². The van der Waals surface area contributed by atoms with Crippen LogP contribution in [0, 0.1) is 6.92 Å². The summed E-state index contributed by atoms with van der Waals surface area (Å²) in [7, 11) is 4.04. The predicted octanol–water partition coefficient (Wildman–Crippen LogP) is 2.81. The largest absolute Gasteiger partial charge is 0.485 e. The third kappa shape index (κ3) is 3.94. The zero-order valence-electron chi connectivity index (χ0n) is 17.7. The van der Waals surface area contributed by atoms with Crippen molar-refractivity contribution in [3.05, 3.63) is 42.2 Å². The highest BCUT2D eigenvalue weighted by Crippen LogP contribution is 2.32. The highest BCUT2D eigenvalue weighted by atomic mass is 16.5. The lowest BCUT2D eigenvalue weighted by Gasteiger charge is -2.14. The number of hydrogen-bond donors (Lipinski definition) is 2. The van der Waals surface area contributed by atoms with Crippen molar-refractivity contribution in [2.45, 2.75) is 33.4 Å². The Balaban J connectivity index is 1.74. The van der Waals surface area contributed by atoms with Gasteiger partial charge >= 0.3 is 0 Å². The van der Waals surface area contributed by atoms with E-state index in [1.54, 1.807) is 29.4 Å². The Labute approximate surface area is 174 Å². The Morgan fingerprint density at radius 2 is 2.10 bits per heavy atom. The molecular formula is C20H25N9O. The molecule has 0 aromatic carbocycles. The van der Waals surface area contributed by atoms with Gasteiger partial charge in [-0.1, -0.05) is 0 Å². The first kappa shape index (κ1) is 19.8. The Hall–Kier alpha value is -3.53. The van der Waals surface area contributed by atoms with Crippen molar-refractivity contribution in [3.8, 4) is 17.0 Å². The minimum atomic E-state index is -0.0483. The van der Waals surface area contributed by atoms with Gasteiger partial charge in [0.2, 0.25) is 11.6 Å². The number of nitrogens with zero attached hydrogens (tertiary/aromatic N) is 7. The minimum absolute atomic E-state index is 0.0483. The highest BCUT2D eigenvalue weighted by molar-refractivity contribution is 5.74. The molecule has 0 atom stereocenters. The molecule has 4 aromatic heterocycles. The van der Waals surface area contributed by atoms with Crippen LogP contribution in [0.1, 0.15) is 25.1 Å². The van der Waals surface area contributed by atoms with Gasteiger partial charge < -0.3 is 15.0 Å². The van der Waals surface area contributed by atoms with Crippen LogP contribution in [-0.4, -0.2) is 59.9 Å². The standard InChI is InChI=1S/C20H25N9O/c1-12(2)30-18-17(14-8-23-24-9-14)22-11-29-19(18)26-20(27-29)25-15-6-7-21-16(13(15)3)10-28(4)5/h6-9,11-12H,10H2,1-5H3,(H,23,24)(H,21,25,27). The second kappa shape index (κ2) is 8.07. The van der Waals surface area contributed by atoms with Gasteiger partial charge in [0.1, 0.15) is 12.0 Å². The van der Waals surface area contributed by atoms with Crippen LogP contribution in [0.25, 0.3) is 16.9 Å². The van der Waals surface area contributed by atoms with E-state index in [1.807, 2.05) is 40.9 Å². The molecule has 4 rings (SSSR count). The maximum Gasteiger partial charge on any atom is 0.247 e. The van der Waals surface area contributed by atoms with Crippen molar-refractivity contribution in [2.24, 2.45) is 0 Å². The number of fused-ring (bicyclic) bond motifs is 1. The summed E-state index contributed by atoms with van der Waals surface area (Å²) < 4.78 is 7.67. The predicted molar refractivity (Wildman–Crippen MR) is 114 cm³/mol. The molecule has 0 aliphatic rings. The average Bonchev–Trinajstić information content (AvgIpc) is 3.34. The van der Waals surface area contributed by atoms with Crippen molar-refractivity contribution in [3.63, 3.8) is 0 Å². The van der Waals surface area contributed by atoms with E-state index in [1.165, 1.54) is 0 Å². The first-order valence-corrected chi connectivity index (χ1v) is 9.69. The van der Waals surface area contributed by atoms with Crippen LogP contribution in [0.2, 0.25) is 0 Å². The van der Waals surface area contributed by atoms with E-state index >= 15 is 0 Å². The van der Waals surface area contributed by atoms with Crippen LogP contribution in [0.5, 0.6) is 5.75 Å². The highest BCUT2D eigenvalue weighted by Gasteiger charge is 2.19. The SMILES string of the molecule is Cc1c(Nc2nc3c(OC(C)C)c(-c4cn[nH]c4)ncn3n2)ccnc1CN(C)C. The molecule has 0 unspecified atom stereocenters. The van der Waals surface area contributed by atoms with Gasteiger partial charge in [0, 0.05) is 30.2 Å². The van der Waals surface area contributed by atoms with E-state index < -0.39 is 0 Å². The van der Waals surface area contributed by atoms with Crippen molar-refractivity contribution in [2.75, 3.05) is 19.4 Å². The molecule has 0 aliphatic carbocycles.